The molecule has 2 aliphatic rings. The quantitative estimate of drug-likeness (QED) is 0.737. The van der Waals surface area contributed by atoms with Gasteiger partial charge in [-0.3, -0.25) is 4.98 Å². The largest absolute Gasteiger partial charge is 0.486 e. The second kappa shape index (κ2) is 4.90. The summed E-state index contributed by atoms with van der Waals surface area (Å²) >= 11 is 0. The molecule has 0 saturated carbocycles. The summed E-state index contributed by atoms with van der Waals surface area (Å²) in [6.07, 6.45) is 5.97. The average molecular weight is 290 g/mol. The number of amides is 1. The molecule has 5 nitrogen and oxygen atoms in total. The Morgan fingerprint density at radius 2 is 2.10 bits per heavy atom. The molecule has 1 saturated heterocycles. The standard InChI is InChI=1S/C16H22N2O3/c1-15(2,3)21-14(19)18-8-5-16(6-9-18)10-12-11-17-7-4-13(12)20-16/h4,7,11H,5-6,8-10H2,1-3H3. The lowest BCUT2D eigenvalue weighted by molar-refractivity contribution is -0.00887. The number of carbonyl (C=O) groups is 1. The van der Waals surface area contributed by atoms with E-state index in [1.165, 1.54) is 5.56 Å². The van der Waals surface area contributed by atoms with Gasteiger partial charge in [0.15, 0.2) is 0 Å². The minimum Gasteiger partial charge on any atom is -0.486 e. The van der Waals surface area contributed by atoms with E-state index in [4.69, 9.17) is 9.47 Å². The third-order valence-electron chi connectivity index (χ3n) is 4.02. The number of fused-ring (bicyclic) bond motifs is 1. The topological polar surface area (TPSA) is 51.7 Å². The highest BCUT2D eigenvalue weighted by Crippen LogP contribution is 2.40. The van der Waals surface area contributed by atoms with E-state index in [1.54, 1.807) is 11.1 Å². The molecule has 0 atom stereocenters. The van der Waals surface area contributed by atoms with E-state index in [1.807, 2.05) is 33.0 Å². The molecule has 1 spiro atoms. The molecule has 2 aliphatic heterocycles. The van der Waals surface area contributed by atoms with Crippen molar-refractivity contribution < 1.29 is 14.3 Å². The number of aromatic nitrogens is 1. The van der Waals surface area contributed by atoms with Crippen LogP contribution in [0.25, 0.3) is 0 Å². The van der Waals surface area contributed by atoms with Gasteiger partial charge in [-0.05, 0) is 26.8 Å². The van der Waals surface area contributed by atoms with E-state index in [2.05, 4.69) is 4.98 Å². The molecule has 1 aromatic rings. The highest BCUT2D eigenvalue weighted by atomic mass is 16.6. The fourth-order valence-electron chi connectivity index (χ4n) is 2.97. The highest BCUT2D eigenvalue weighted by molar-refractivity contribution is 5.68. The summed E-state index contributed by atoms with van der Waals surface area (Å²) in [4.78, 5) is 18.0. The molecule has 0 unspecified atom stereocenters. The maximum atomic E-state index is 12.1. The third kappa shape index (κ3) is 2.96. The molecular formula is C16H22N2O3. The van der Waals surface area contributed by atoms with Crippen LogP contribution < -0.4 is 4.74 Å². The van der Waals surface area contributed by atoms with E-state index in [-0.39, 0.29) is 11.7 Å². The van der Waals surface area contributed by atoms with Gasteiger partial charge in [-0.25, -0.2) is 4.79 Å². The second-order valence-electron chi connectivity index (χ2n) is 6.91. The third-order valence-corrected chi connectivity index (χ3v) is 4.02. The van der Waals surface area contributed by atoms with Crippen molar-refractivity contribution in [2.45, 2.75) is 51.2 Å². The van der Waals surface area contributed by atoms with Gasteiger partial charge in [-0.2, -0.15) is 0 Å². The summed E-state index contributed by atoms with van der Waals surface area (Å²) in [6, 6.07) is 1.92. The Kier molecular flexibility index (Phi) is 3.30. The number of hydrogen-bond acceptors (Lipinski definition) is 4. The molecule has 0 bridgehead atoms. The van der Waals surface area contributed by atoms with Crippen LogP contribution in [0.15, 0.2) is 18.5 Å². The van der Waals surface area contributed by atoms with Crippen molar-refractivity contribution in [2.75, 3.05) is 13.1 Å². The summed E-state index contributed by atoms with van der Waals surface area (Å²) in [7, 11) is 0. The van der Waals surface area contributed by atoms with E-state index in [9.17, 15) is 4.79 Å². The molecule has 1 aromatic heterocycles. The zero-order chi connectivity index (χ0) is 15.1. The molecule has 0 radical (unpaired) electrons. The summed E-state index contributed by atoms with van der Waals surface area (Å²) < 4.78 is 11.6. The average Bonchev–Trinajstić information content (AvgIpc) is 2.75. The van der Waals surface area contributed by atoms with Gasteiger partial charge in [-0.15, -0.1) is 0 Å². The van der Waals surface area contributed by atoms with Gasteiger partial charge in [0.25, 0.3) is 0 Å². The number of hydrogen-bond donors (Lipinski definition) is 0. The normalized spacial score (nSPS) is 20.0. The number of likely N-dealkylation sites (tertiary alicyclic amines) is 1. The molecule has 0 aliphatic carbocycles. The summed E-state index contributed by atoms with van der Waals surface area (Å²) in [5.74, 6) is 0.940. The first-order valence-electron chi connectivity index (χ1n) is 7.47. The predicted molar refractivity (Wildman–Crippen MR) is 78.3 cm³/mol. The monoisotopic (exact) mass is 290 g/mol. The Bertz CT molecular complexity index is 516. The van der Waals surface area contributed by atoms with E-state index >= 15 is 0 Å². The first kappa shape index (κ1) is 14.2. The van der Waals surface area contributed by atoms with Crippen LogP contribution in [0.3, 0.4) is 0 Å². The minimum atomic E-state index is -0.446. The van der Waals surface area contributed by atoms with Crippen molar-refractivity contribution in [3.05, 3.63) is 24.0 Å². The molecule has 3 rings (SSSR count). The van der Waals surface area contributed by atoms with Crippen LogP contribution in [0.1, 0.15) is 39.2 Å². The van der Waals surface area contributed by atoms with Crippen molar-refractivity contribution in [1.29, 1.82) is 0 Å². The molecule has 0 N–H and O–H groups in total. The number of rotatable bonds is 0. The van der Waals surface area contributed by atoms with Crippen molar-refractivity contribution >= 4 is 6.09 Å². The van der Waals surface area contributed by atoms with Gasteiger partial charge >= 0.3 is 6.09 Å². The maximum absolute atomic E-state index is 12.1. The van der Waals surface area contributed by atoms with Crippen LogP contribution in [0.5, 0.6) is 5.75 Å². The van der Waals surface area contributed by atoms with Crippen molar-refractivity contribution in [1.82, 2.24) is 9.88 Å². The van der Waals surface area contributed by atoms with Crippen LogP contribution in [0.2, 0.25) is 0 Å². The summed E-state index contributed by atoms with van der Waals surface area (Å²) in [6.45, 7) is 7.02. The Balaban J connectivity index is 1.61. The van der Waals surface area contributed by atoms with Crippen LogP contribution in [0, 0.1) is 0 Å². The second-order valence-corrected chi connectivity index (χ2v) is 6.91. The smallest absolute Gasteiger partial charge is 0.410 e. The first-order valence-corrected chi connectivity index (χ1v) is 7.47. The Hall–Kier alpha value is -1.78. The van der Waals surface area contributed by atoms with Crippen molar-refractivity contribution in [2.24, 2.45) is 0 Å². The van der Waals surface area contributed by atoms with Gasteiger partial charge in [0, 0.05) is 50.3 Å². The zero-order valence-corrected chi connectivity index (χ0v) is 12.9. The highest BCUT2D eigenvalue weighted by Gasteiger charge is 2.43. The van der Waals surface area contributed by atoms with Gasteiger partial charge in [0.05, 0.1) is 0 Å². The molecule has 114 valence electrons. The zero-order valence-electron chi connectivity index (χ0n) is 12.9. The van der Waals surface area contributed by atoms with Gasteiger partial charge in [0.1, 0.15) is 17.0 Å². The molecule has 3 heterocycles. The lowest BCUT2D eigenvalue weighted by atomic mass is 9.87. The summed E-state index contributed by atoms with van der Waals surface area (Å²) in [5, 5.41) is 0. The maximum Gasteiger partial charge on any atom is 0.410 e. The SMILES string of the molecule is CC(C)(C)OC(=O)N1CCC2(CC1)Cc1cnccc1O2. The van der Waals surface area contributed by atoms with Crippen molar-refractivity contribution in [3.8, 4) is 5.75 Å². The van der Waals surface area contributed by atoms with Gasteiger partial charge in [-0.1, -0.05) is 0 Å². The van der Waals surface area contributed by atoms with Gasteiger partial charge in [0.2, 0.25) is 0 Å². The molecule has 21 heavy (non-hydrogen) atoms. The molecule has 5 heteroatoms. The van der Waals surface area contributed by atoms with E-state index in [0.29, 0.717) is 13.1 Å². The lowest BCUT2D eigenvalue weighted by Gasteiger charge is -2.39. The van der Waals surface area contributed by atoms with Crippen LogP contribution in [-0.4, -0.2) is 40.3 Å². The van der Waals surface area contributed by atoms with Crippen molar-refractivity contribution in [3.63, 3.8) is 0 Å². The fourth-order valence-corrected chi connectivity index (χ4v) is 2.97. The molecular weight excluding hydrogens is 268 g/mol. The molecule has 0 aromatic carbocycles. The van der Waals surface area contributed by atoms with Crippen LogP contribution >= 0.6 is 0 Å². The predicted octanol–water partition coefficient (Wildman–Crippen LogP) is 2.79. The number of nitrogens with zero attached hydrogens (tertiary/aromatic N) is 2. The van der Waals surface area contributed by atoms with E-state index < -0.39 is 5.60 Å². The number of piperidine rings is 1. The fraction of sp³-hybridized carbons (Fsp3) is 0.625. The van der Waals surface area contributed by atoms with Crippen LogP contribution in [-0.2, 0) is 11.2 Å². The van der Waals surface area contributed by atoms with E-state index in [0.717, 1.165) is 25.0 Å². The molecule has 1 amide bonds. The first-order chi connectivity index (χ1) is 9.87. The Morgan fingerprint density at radius 1 is 1.38 bits per heavy atom. The summed E-state index contributed by atoms with van der Waals surface area (Å²) in [5.41, 5.74) is 0.560. The Labute approximate surface area is 125 Å². The minimum absolute atomic E-state index is 0.163. The number of pyridine rings is 1. The molecule has 1 fully saturated rings. The lowest BCUT2D eigenvalue weighted by Crippen LogP contribution is -2.50. The Morgan fingerprint density at radius 3 is 2.71 bits per heavy atom. The van der Waals surface area contributed by atoms with Gasteiger partial charge < -0.3 is 14.4 Å². The van der Waals surface area contributed by atoms with Crippen LogP contribution in [0.4, 0.5) is 4.79 Å². The number of carbonyl (C=O) groups excluding carboxylic acids is 1. The number of ether oxygens (including phenoxy) is 2.